The third-order valence-corrected chi connectivity index (χ3v) is 3.48. The van der Waals surface area contributed by atoms with Crippen molar-refractivity contribution in [3.63, 3.8) is 0 Å². The van der Waals surface area contributed by atoms with Crippen molar-refractivity contribution in [3.8, 4) is 17.2 Å². The summed E-state index contributed by atoms with van der Waals surface area (Å²) in [6.45, 7) is 2.70. The Labute approximate surface area is 129 Å². The average Bonchev–Trinajstić information content (AvgIpc) is 2.93. The fourth-order valence-corrected chi connectivity index (χ4v) is 2.47. The Bertz CT molecular complexity index is 664. The molecule has 0 aliphatic rings. The normalized spacial score (nSPS) is 10.5. The Kier molecular flexibility index (Phi) is 5.14. The molecule has 2 N–H and O–H groups in total. The molecule has 2 aromatic rings. The monoisotopic (exact) mass is 306 g/mol. The summed E-state index contributed by atoms with van der Waals surface area (Å²) in [5, 5.41) is 3.71. The summed E-state index contributed by atoms with van der Waals surface area (Å²) in [7, 11) is 4.71. The zero-order valence-electron chi connectivity index (χ0n) is 13.4. The van der Waals surface area contributed by atoms with E-state index in [0.717, 1.165) is 22.9 Å². The van der Waals surface area contributed by atoms with E-state index in [9.17, 15) is 4.79 Å². The highest BCUT2D eigenvalue weighted by Gasteiger charge is 2.20. The summed E-state index contributed by atoms with van der Waals surface area (Å²) in [4.78, 5) is 15.1. The van der Waals surface area contributed by atoms with Gasteiger partial charge in [0.2, 0.25) is 11.7 Å². The third-order valence-electron chi connectivity index (χ3n) is 3.48. The number of H-pyrrole nitrogens is 1. The highest BCUT2D eigenvalue weighted by Crippen LogP contribution is 2.44. The first-order valence-electron chi connectivity index (χ1n) is 7.21. The van der Waals surface area contributed by atoms with Gasteiger partial charge in [-0.1, -0.05) is 6.92 Å². The van der Waals surface area contributed by atoms with E-state index in [2.05, 4.69) is 10.3 Å². The van der Waals surface area contributed by atoms with Crippen LogP contribution >= 0.6 is 0 Å². The molecular weight excluding hydrogens is 284 g/mol. The molecule has 22 heavy (non-hydrogen) atoms. The van der Waals surface area contributed by atoms with Crippen molar-refractivity contribution in [3.05, 3.63) is 17.8 Å². The predicted molar refractivity (Wildman–Crippen MR) is 85.0 cm³/mol. The maximum absolute atomic E-state index is 12.0. The Morgan fingerprint density at radius 2 is 1.91 bits per heavy atom. The Balaban J connectivity index is 2.47. The number of fused-ring (bicyclic) bond motifs is 1. The largest absolute Gasteiger partial charge is 0.493 e. The molecule has 0 atom stereocenters. The van der Waals surface area contributed by atoms with Crippen molar-refractivity contribution in [1.82, 2.24) is 10.3 Å². The third kappa shape index (κ3) is 2.95. The average molecular weight is 306 g/mol. The maximum Gasteiger partial charge on any atom is 0.224 e. The highest BCUT2D eigenvalue weighted by atomic mass is 16.5. The van der Waals surface area contributed by atoms with Gasteiger partial charge in [0.1, 0.15) is 0 Å². The zero-order valence-corrected chi connectivity index (χ0v) is 13.4. The first-order valence-corrected chi connectivity index (χ1v) is 7.21. The van der Waals surface area contributed by atoms with E-state index >= 15 is 0 Å². The van der Waals surface area contributed by atoms with Gasteiger partial charge in [-0.3, -0.25) is 4.79 Å². The topological polar surface area (TPSA) is 72.6 Å². The maximum atomic E-state index is 12.0. The molecule has 0 fully saturated rings. The van der Waals surface area contributed by atoms with Gasteiger partial charge in [-0.05, 0) is 12.0 Å². The quantitative estimate of drug-likeness (QED) is 0.823. The molecule has 1 amide bonds. The number of hydrogen-bond acceptors (Lipinski definition) is 4. The summed E-state index contributed by atoms with van der Waals surface area (Å²) in [5.74, 6) is 1.65. The van der Waals surface area contributed by atoms with E-state index in [-0.39, 0.29) is 12.3 Å². The Morgan fingerprint density at radius 3 is 2.50 bits per heavy atom. The lowest BCUT2D eigenvalue weighted by atomic mass is 10.1. The van der Waals surface area contributed by atoms with E-state index in [1.165, 1.54) is 0 Å². The predicted octanol–water partition coefficient (Wildman–Crippen LogP) is 2.26. The van der Waals surface area contributed by atoms with Crippen molar-refractivity contribution in [2.45, 2.75) is 19.8 Å². The van der Waals surface area contributed by atoms with Crippen LogP contribution in [0.25, 0.3) is 10.9 Å². The number of aromatic amines is 1. The number of rotatable bonds is 7. The lowest BCUT2D eigenvalue weighted by molar-refractivity contribution is -0.120. The summed E-state index contributed by atoms with van der Waals surface area (Å²) < 4.78 is 16.2. The number of benzene rings is 1. The van der Waals surface area contributed by atoms with Gasteiger partial charge in [-0.25, -0.2) is 0 Å². The number of aromatic nitrogens is 1. The number of ether oxygens (including phenoxy) is 3. The van der Waals surface area contributed by atoms with Gasteiger partial charge in [0, 0.05) is 24.2 Å². The summed E-state index contributed by atoms with van der Waals surface area (Å²) in [6, 6.07) is 1.84. The molecule has 120 valence electrons. The van der Waals surface area contributed by atoms with E-state index in [1.54, 1.807) is 21.3 Å². The van der Waals surface area contributed by atoms with E-state index in [4.69, 9.17) is 14.2 Å². The summed E-state index contributed by atoms with van der Waals surface area (Å²) in [5.41, 5.74) is 1.70. The first-order chi connectivity index (χ1) is 10.7. The molecule has 0 saturated carbocycles. The number of carbonyl (C=O) groups excluding carboxylic acids is 1. The van der Waals surface area contributed by atoms with Gasteiger partial charge in [0.25, 0.3) is 0 Å². The standard InChI is InChI=1S/C16H22N2O4/c1-5-6-17-13(19)7-10-9-18-11-8-12(20-2)15(21-3)16(22-4)14(10)11/h8-9,18H,5-7H2,1-4H3,(H,17,19). The lowest BCUT2D eigenvalue weighted by Crippen LogP contribution is -2.25. The summed E-state index contributed by atoms with van der Waals surface area (Å²) in [6.07, 6.45) is 3.01. The minimum Gasteiger partial charge on any atom is -0.493 e. The molecule has 6 heteroatoms. The van der Waals surface area contributed by atoms with Gasteiger partial charge in [0.15, 0.2) is 11.5 Å². The molecule has 1 aromatic carbocycles. The van der Waals surface area contributed by atoms with Crippen molar-refractivity contribution in [1.29, 1.82) is 0 Å². The molecule has 2 rings (SSSR count). The van der Waals surface area contributed by atoms with E-state index in [1.807, 2.05) is 19.2 Å². The second-order valence-corrected chi connectivity index (χ2v) is 4.91. The van der Waals surface area contributed by atoms with Gasteiger partial charge in [-0.2, -0.15) is 0 Å². The van der Waals surface area contributed by atoms with E-state index < -0.39 is 0 Å². The number of carbonyl (C=O) groups is 1. The smallest absolute Gasteiger partial charge is 0.224 e. The van der Waals surface area contributed by atoms with Crippen LogP contribution in [0, 0.1) is 0 Å². The van der Waals surface area contributed by atoms with Crippen molar-refractivity contribution in [2.75, 3.05) is 27.9 Å². The molecule has 0 saturated heterocycles. The second kappa shape index (κ2) is 7.06. The van der Waals surface area contributed by atoms with E-state index in [0.29, 0.717) is 23.8 Å². The number of methoxy groups -OCH3 is 3. The Hall–Kier alpha value is -2.37. The van der Waals surface area contributed by atoms with Gasteiger partial charge in [0.05, 0.1) is 33.3 Å². The number of nitrogens with one attached hydrogen (secondary N) is 2. The first kappa shape index (κ1) is 16.0. The number of amides is 1. The van der Waals surface area contributed by atoms with Crippen LogP contribution in [0.4, 0.5) is 0 Å². The van der Waals surface area contributed by atoms with Gasteiger partial charge < -0.3 is 24.5 Å². The van der Waals surface area contributed by atoms with Crippen LogP contribution in [0.2, 0.25) is 0 Å². The summed E-state index contributed by atoms with van der Waals surface area (Å²) >= 11 is 0. The van der Waals surface area contributed by atoms with Gasteiger partial charge in [-0.15, -0.1) is 0 Å². The number of hydrogen-bond donors (Lipinski definition) is 2. The Morgan fingerprint density at radius 1 is 1.18 bits per heavy atom. The van der Waals surface area contributed by atoms with Crippen LogP contribution in [0.5, 0.6) is 17.2 Å². The molecule has 0 spiro atoms. The molecule has 1 aromatic heterocycles. The molecule has 6 nitrogen and oxygen atoms in total. The van der Waals surface area contributed by atoms with Crippen LogP contribution in [0.1, 0.15) is 18.9 Å². The molecule has 1 heterocycles. The van der Waals surface area contributed by atoms with Crippen molar-refractivity contribution in [2.24, 2.45) is 0 Å². The van der Waals surface area contributed by atoms with Crippen LogP contribution in [-0.4, -0.2) is 38.8 Å². The fraction of sp³-hybridized carbons (Fsp3) is 0.438. The molecular formula is C16H22N2O4. The molecule has 0 bridgehead atoms. The molecule has 0 unspecified atom stereocenters. The molecule has 0 aliphatic carbocycles. The molecule has 0 radical (unpaired) electrons. The minimum atomic E-state index is -0.0143. The van der Waals surface area contributed by atoms with Crippen LogP contribution in [-0.2, 0) is 11.2 Å². The second-order valence-electron chi connectivity index (χ2n) is 4.91. The van der Waals surface area contributed by atoms with Crippen LogP contribution < -0.4 is 19.5 Å². The van der Waals surface area contributed by atoms with Crippen molar-refractivity contribution >= 4 is 16.8 Å². The molecule has 0 aliphatic heterocycles. The minimum absolute atomic E-state index is 0.0143. The van der Waals surface area contributed by atoms with Crippen LogP contribution in [0.15, 0.2) is 12.3 Å². The fourth-order valence-electron chi connectivity index (χ4n) is 2.47. The van der Waals surface area contributed by atoms with Gasteiger partial charge >= 0.3 is 0 Å². The highest BCUT2D eigenvalue weighted by molar-refractivity contribution is 5.96. The SMILES string of the molecule is CCCNC(=O)Cc1c[nH]c2cc(OC)c(OC)c(OC)c12. The lowest BCUT2D eigenvalue weighted by Gasteiger charge is -2.14. The zero-order chi connectivity index (χ0) is 16.1. The van der Waals surface area contributed by atoms with Crippen molar-refractivity contribution < 1.29 is 19.0 Å². The van der Waals surface area contributed by atoms with Crippen LogP contribution in [0.3, 0.4) is 0 Å².